The Morgan fingerprint density at radius 1 is 1.00 bits per heavy atom. The molecule has 0 aliphatic heterocycles. The third kappa shape index (κ3) is 4.70. The van der Waals surface area contributed by atoms with Crippen molar-refractivity contribution in [3.63, 3.8) is 0 Å². The van der Waals surface area contributed by atoms with Crippen molar-refractivity contribution in [2.45, 2.75) is 58.7 Å². The second-order valence-corrected chi connectivity index (χ2v) is 7.81. The van der Waals surface area contributed by atoms with Crippen molar-refractivity contribution in [3.8, 4) is 0 Å². The van der Waals surface area contributed by atoms with Crippen molar-refractivity contribution in [1.82, 2.24) is 14.5 Å². The van der Waals surface area contributed by atoms with Gasteiger partial charge in [-0.3, -0.25) is 18.7 Å². The maximum absolute atomic E-state index is 13.1. The number of nitrogens with zero attached hydrogens (tertiary/aromatic N) is 2. The Morgan fingerprint density at radius 2 is 1.67 bits per heavy atom. The first kappa shape index (κ1) is 21.6. The Labute approximate surface area is 176 Å². The molecule has 2 atom stereocenters. The van der Waals surface area contributed by atoms with Crippen LogP contribution in [0, 0.1) is 0 Å². The standard InChI is InChI=1S/C24H29N3O3/c1-4-18(3)27-23(29)20-12-8-9-13-21(20)26(24(27)30)16-22(28)25-17(2)14-15-19-10-6-5-7-11-19/h5-13,17-18H,4,14-16H2,1-3H3,(H,25,28)/t17-,18+/m1/s1. The maximum atomic E-state index is 13.1. The molecule has 2 aromatic carbocycles. The van der Waals surface area contributed by atoms with Gasteiger partial charge in [0.15, 0.2) is 0 Å². The first-order chi connectivity index (χ1) is 14.4. The number of amides is 1. The minimum atomic E-state index is -0.444. The van der Waals surface area contributed by atoms with Crippen LogP contribution < -0.4 is 16.6 Å². The number of rotatable bonds is 8. The van der Waals surface area contributed by atoms with Crippen molar-refractivity contribution in [3.05, 3.63) is 81.0 Å². The van der Waals surface area contributed by atoms with Gasteiger partial charge < -0.3 is 5.32 Å². The summed E-state index contributed by atoms with van der Waals surface area (Å²) in [6, 6.07) is 16.8. The number of fused-ring (bicyclic) bond motifs is 1. The fourth-order valence-corrected chi connectivity index (χ4v) is 3.63. The normalized spacial score (nSPS) is 13.2. The molecule has 3 aromatic rings. The van der Waals surface area contributed by atoms with Crippen molar-refractivity contribution in [1.29, 1.82) is 0 Å². The number of hydrogen-bond acceptors (Lipinski definition) is 3. The zero-order valence-electron chi connectivity index (χ0n) is 17.8. The molecule has 0 bridgehead atoms. The summed E-state index contributed by atoms with van der Waals surface area (Å²) in [6.45, 7) is 5.61. The fraction of sp³-hybridized carbons (Fsp3) is 0.375. The zero-order chi connectivity index (χ0) is 21.7. The number of hydrogen-bond donors (Lipinski definition) is 1. The van der Waals surface area contributed by atoms with Crippen LogP contribution in [0.25, 0.3) is 10.9 Å². The molecule has 6 heteroatoms. The largest absolute Gasteiger partial charge is 0.352 e. The van der Waals surface area contributed by atoms with Gasteiger partial charge in [0.05, 0.1) is 10.9 Å². The number of benzene rings is 2. The minimum Gasteiger partial charge on any atom is -0.352 e. The molecule has 30 heavy (non-hydrogen) atoms. The van der Waals surface area contributed by atoms with E-state index in [1.807, 2.05) is 39.0 Å². The predicted octanol–water partition coefficient (Wildman–Crippen LogP) is 3.27. The number of nitrogens with one attached hydrogen (secondary N) is 1. The Kier molecular flexibility index (Phi) is 6.87. The zero-order valence-corrected chi connectivity index (χ0v) is 17.8. The summed E-state index contributed by atoms with van der Waals surface area (Å²) >= 11 is 0. The van der Waals surface area contributed by atoms with E-state index in [1.165, 1.54) is 14.7 Å². The highest BCUT2D eigenvalue weighted by Gasteiger charge is 2.18. The molecule has 0 aliphatic carbocycles. The molecule has 0 fully saturated rings. The summed E-state index contributed by atoms with van der Waals surface area (Å²) in [5.41, 5.74) is 0.957. The lowest BCUT2D eigenvalue weighted by molar-refractivity contribution is -0.122. The summed E-state index contributed by atoms with van der Waals surface area (Å²) in [5, 5.41) is 3.43. The van der Waals surface area contributed by atoms with E-state index in [1.54, 1.807) is 24.3 Å². The summed E-state index contributed by atoms with van der Waals surface area (Å²) in [6.07, 6.45) is 2.32. The van der Waals surface area contributed by atoms with E-state index in [4.69, 9.17) is 0 Å². The minimum absolute atomic E-state index is 0.0276. The molecular formula is C24H29N3O3. The predicted molar refractivity (Wildman–Crippen MR) is 120 cm³/mol. The molecule has 0 radical (unpaired) electrons. The van der Waals surface area contributed by atoms with Gasteiger partial charge in [-0.15, -0.1) is 0 Å². The van der Waals surface area contributed by atoms with Crippen LogP contribution in [0.3, 0.4) is 0 Å². The van der Waals surface area contributed by atoms with Gasteiger partial charge in [0.25, 0.3) is 5.56 Å². The van der Waals surface area contributed by atoms with Gasteiger partial charge in [-0.2, -0.15) is 0 Å². The Hall–Kier alpha value is -3.15. The van der Waals surface area contributed by atoms with Gasteiger partial charge in [-0.1, -0.05) is 49.4 Å². The molecule has 3 rings (SSSR count). The van der Waals surface area contributed by atoms with Crippen LogP contribution in [0.15, 0.2) is 64.2 Å². The summed E-state index contributed by atoms with van der Waals surface area (Å²) < 4.78 is 2.66. The number of carbonyl (C=O) groups is 1. The van der Waals surface area contributed by atoms with Crippen LogP contribution in [0.5, 0.6) is 0 Å². The highest BCUT2D eigenvalue weighted by molar-refractivity contribution is 5.81. The van der Waals surface area contributed by atoms with E-state index in [2.05, 4.69) is 17.4 Å². The first-order valence-electron chi connectivity index (χ1n) is 10.5. The topological polar surface area (TPSA) is 73.1 Å². The Balaban J connectivity index is 1.81. The van der Waals surface area contributed by atoms with Crippen LogP contribution in [-0.2, 0) is 17.8 Å². The van der Waals surface area contributed by atoms with Crippen molar-refractivity contribution in [2.24, 2.45) is 0 Å². The van der Waals surface area contributed by atoms with Gasteiger partial charge in [-0.25, -0.2) is 4.79 Å². The molecule has 1 aromatic heterocycles. The van der Waals surface area contributed by atoms with Gasteiger partial charge in [0.1, 0.15) is 6.54 Å². The van der Waals surface area contributed by atoms with Crippen LogP contribution in [-0.4, -0.2) is 21.1 Å². The number of carbonyl (C=O) groups excluding carboxylic acids is 1. The molecule has 1 heterocycles. The van der Waals surface area contributed by atoms with E-state index < -0.39 is 5.69 Å². The molecule has 0 saturated carbocycles. The fourth-order valence-electron chi connectivity index (χ4n) is 3.63. The lowest BCUT2D eigenvalue weighted by Gasteiger charge is -2.19. The van der Waals surface area contributed by atoms with Crippen LogP contribution in [0.4, 0.5) is 0 Å². The SMILES string of the molecule is CC[C@H](C)n1c(=O)c2ccccc2n(CC(=O)N[C@H](C)CCc2ccccc2)c1=O. The third-order valence-electron chi connectivity index (χ3n) is 5.53. The highest BCUT2D eigenvalue weighted by atomic mass is 16.2. The number of aryl methyl sites for hydroxylation is 1. The third-order valence-corrected chi connectivity index (χ3v) is 5.53. The van der Waals surface area contributed by atoms with Gasteiger partial charge in [-0.05, 0) is 50.8 Å². The lowest BCUT2D eigenvalue weighted by atomic mass is 10.1. The van der Waals surface area contributed by atoms with E-state index in [9.17, 15) is 14.4 Å². The van der Waals surface area contributed by atoms with E-state index in [-0.39, 0.29) is 30.1 Å². The second-order valence-electron chi connectivity index (χ2n) is 7.81. The average molecular weight is 408 g/mol. The van der Waals surface area contributed by atoms with Crippen LogP contribution in [0.2, 0.25) is 0 Å². The summed E-state index contributed by atoms with van der Waals surface area (Å²) in [5.74, 6) is -0.239. The highest BCUT2D eigenvalue weighted by Crippen LogP contribution is 2.11. The molecule has 0 unspecified atom stereocenters. The number of aromatic nitrogens is 2. The van der Waals surface area contributed by atoms with E-state index >= 15 is 0 Å². The monoisotopic (exact) mass is 407 g/mol. The molecular weight excluding hydrogens is 378 g/mol. The van der Waals surface area contributed by atoms with Crippen molar-refractivity contribution in [2.75, 3.05) is 0 Å². The summed E-state index contributed by atoms with van der Waals surface area (Å²) in [7, 11) is 0. The summed E-state index contributed by atoms with van der Waals surface area (Å²) in [4.78, 5) is 38.6. The van der Waals surface area contributed by atoms with Crippen molar-refractivity contribution >= 4 is 16.8 Å². The quantitative estimate of drug-likeness (QED) is 0.623. The molecule has 1 amide bonds. The van der Waals surface area contributed by atoms with Gasteiger partial charge in [0, 0.05) is 12.1 Å². The molecule has 6 nitrogen and oxygen atoms in total. The van der Waals surface area contributed by atoms with Crippen molar-refractivity contribution < 1.29 is 4.79 Å². The van der Waals surface area contributed by atoms with Gasteiger partial charge >= 0.3 is 5.69 Å². The van der Waals surface area contributed by atoms with E-state index in [0.29, 0.717) is 17.3 Å². The second kappa shape index (κ2) is 9.57. The molecule has 0 aliphatic rings. The van der Waals surface area contributed by atoms with Crippen LogP contribution in [0.1, 0.15) is 45.2 Å². The first-order valence-corrected chi connectivity index (χ1v) is 10.5. The molecule has 0 saturated heterocycles. The maximum Gasteiger partial charge on any atom is 0.332 e. The Bertz CT molecular complexity index is 1130. The molecule has 158 valence electrons. The van der Waals surface area contributed by atoms with E-state index in [0.717, 1.165) is 12.8 Å². The smallest absolute Gasteiger partial charge is 0.332 e. The molecule has 1 N–H and O–H groups in total. The molecule has 0 spiro atoms. The van der Waals surface area contributed by atoms with Crippen LogP contribution >= 0.6 is 0 Å². The number of para-hydroxylation sites is 1. The van der Waals surface area contributed by atoms with Gasteiger partial charge in [0.2, 0.25) is 5.91 Å². The average Bonchev–Trinajstić information content (AvgIpc) is 2.76. The Morgan fingerprint density at radius 3 is 2.37 bits per heavy atom. The lowest BCUT2D eigenvalue weighted by Crippen LogP contribution is -2.44.